The summed E-state index contributed by atoms with van der Waals surface area (Å²) in [6.45, 7) is 9.02. The Balaban J connectivity index is 3.33. The summed E-state index contributed by atoms with van der Waals surface area (Å²) in [5, 5.41) is 0. The summed E-state index contributed by atoms with van der Waals surface area (Å²) >= 11 is 3.66. The number of ether oxygens (including phenoxy) is 1. The van der Waals surface area contributed by atoms with Gasteiger partial charge in [-0.1, -0.05) is 22.9 Å². The number of hydrogen-bond acceptors (Lipinski definition) is 3. The lowest BCUT2D eigenvalue weighted by Crippen LogP contribution is -2.21. The molecule has 0 saturated carbocycles. The summed E-state index contributed by atoms with van der Waals surface area (Å²) in [5.41, 5.74) is 16.7. The van der Waals surface area contributed by atoms with E-state index < -0.39 is 0 Å². The van der Waals surface area contributed by atoms with E-state index in [0.717, 1.165) is 33.3 Å². The van der Waals surface area contributed by atoms with Crippen LogP contribution in [0.2, 0.25) is 0 Å². The van der Waals surface area contributed by atoms with Gasteiger partial charge in [-0.25, -0.2) is 0 Å². The van der Waals surface area contributed by atoms with E-state index >= 15 is 0 Å². The fourth-order valence-electron chi connectivity index (χ4n) is 2.46. The third-order valence-electron chi connectivity index (χ3n) is 3.84. The standard InChI is InChI=1S/C15H25BrN2O/c1-8(7-17)6-12(18)13-11(4)14(16)9(2)10(3)15(13)19-5/h8,12H,6-7,17-18H2,1-5H3. The maximum Gasteiger partial charge on any atom is 0.127 e. The highest BCUT2D eigenvalue weighted by atomic mass is 79.9. The number of benzene rings is 1. The predicted octanol–water partition coefficient (Wildman–Crippen LogP) is 3.37. The van der Waals surface area contributed by atoms with Crippen molar-refractivity contribution in [3.05, 3.63) is 26.7 Å². The molecule has 19 heavy (non-hydrogen) atoms. The molecule has 0 spiro atoms. The van der Waals surface area contributed by atoms with Crippen LogP contribution in [0.15, 0.2) is 4.47 Å². The SMILES string of the molecule is COc1c(C)c(C)c(Br)c(C)c1C(N)CC(C)CN. The Bertz CT molecular complexity index is 460. The first-order valence-corrected chi connectivity index (χ1v) is 7.43. The molecule has 4 heteroatoms. The van der Waals surface area contributed by atoms with E-state index in [2.05, 4.69) is 43.6 Å². The van der Waals surface area contributed by atoms with Gasteiger partial charge in [-0.05, 0) is 56.3 Å². The molecule has 1 rings (SSSR count). The average molecular weight is 329 g/mol. The van der Waals surface area contributed by atoms with E-state index in [1.165, 1.54) is 5.56 Å². The first-order valence-electron chi connectivity index (χ1n) is 6.63. The monoisotopic (exact) mass is 328 g/mol. The molecule has 0 heterocycles. The number of hydrogen-bond donors (Lipinski definition) is 2. The highest BCUT2D eigenvalue weighted by Gasteiger charge is 2.22. The maximum absolute atomic E-state index is 6.38. The van der Waals surface area contributed by atoms with Crippen LogP contribution in [0, 0.1) is 26.7 Å². The fourth-order valence-corrected chi connectivity index (χ4v) is 2.97. The normalized spacial score (nSPS) is 14.3. The Labute approximate surface area is 124 Å². The molecule has 108 valence electrons. The van der Waals surface area contributed by atoms with Gasteiger partial charge in [0.05, 0.1) is 7.11 Å². The first kappa shape index (κ1) is 16.5. The Morgan fingerprint density at radius 2 is 1.74 bits per heavy atom. The van der Waals surface area contributed by atoms with Crippen LogP contribution in [0.1, 0.15) is 41.6 Å². The third-order valence-corrected chi connectivity index (χ3v) is 5.03. The highest BCUT2D eigenvalue weighted by molar-refractivity contribution is 9.10. The number of methoxy groups -OCH3 is 1. The first-order chi connectivity index (χ1) is 8.84. The van der Waals surface area contributed by atoms with Gasteiger partial charge in [-0.15, -0.1) is 0 Å². The molecular weight excluding hydrogens is 304 g/mol. The number of rotatable bonds is 5. The van der Waals surface area contributed by atoms with Gasteiger partial charge in [0.25, 0.3) is 0 Å². The van der Waals surface area contributed by atoms with Crippen LogP contribution in [-0.4, -0.2) is 13.7 Å². The van der Waals surface area contributed by atoms with Crippen LogP contribution < -0.4 is 16.2 Å². The summed E-state index contributed by atoms with van der Waals surface area (Å²) in [7, 11) is 1.71. The van der Waals surface area contributed by atoms with E-state index in [-0.39, 0.29) is 6.04 Å². The molecule has 1 aromatic carbocycles. The summed E-state index contributed by atoms with van der Waals surface area (Å²) in [4.78, 5) is 0. The van der Waals surface area contributed by atoms with Crippen LogP contribution in [-0.2, 0) is 0 Å². The van der Waals surface area contributed by atoms with Crippen LogP contribution in [0.3, 0.4) is 0 Å². The molecule has 0 aliphatic heterocycles. The molecule has 0 bridgehead atoms. The van der Waals surface area contributed by atoms with Gasteiger partial charge in [0.2, 0.25) is 0 Å². The van der Waals surface area contributed by atoms with Crippen LogP contribution in [0.4, 0.5) is 0 Å². The highest BCUT2D eigenvalue weighted by Crippen LogP contribution is 2.40. The fraction of sp³-hybridized carbons (Fsp3) is 0.600. The molecule has 0 radical (unpaired) electrons. The zero-order chi connectivity index (χ0) is 14.7. The van der Waals surface area contributed by atoms with Crippen molar-refractivity contribution >= 4 is 15.9 Å². The second kappa shape index (κ2) is 6.73. The minimum atomic E-state index is -0.0518. The van der Waals surface area contributed by atoms with Crippen LogP contribution in [0.25, 0.3) is 0 Å². The lowest BCUT2D eigenvalue weighted by molar-refractivity contribution is 0.393. The van der Waals surface area contributed by atoms with Crippen LogP contribution >= 0.6 is 15.9 Å². The van der Waals surface area contributed by atoms with Crippen molar-refractivity contribution in [3.8, 4) is 5.75 Å². The molecule has 4 N–H and O–H groups in total. The topological polar surface area (TPSA) is 61.3 Å². The number of nitrogens with two attached hydrogens (primary N) is 2. The van der Waals surface area contributed by atoms with Gasteiger partial charge >= 0.3 is 0 Å². The second-order valence-electron chi connectivity index (χ2n) is 5.32. The Hall–Kier alpha value is -0.580. The van der Waals surface area contributed by atoms with Crippen molar-refractivity contribution in [3.63, 3.8) is 0 Å². The van der Waals surface area contributed by atoms with Crippen molar-refractivity contribution < 1.29 is 4.74 Å². The van der Waals surface area contributed by atoms with Crippen molar-refractivity contribution in [2.75, 3.05) is 13.7 Å². The molecule has 0 amide bonds. The summed E-state index contributed by atoms with van der Waals surface area (Å²) < 4.78 is 6.72. The van der Waals surface area contributed by atoms with Crippen LogP contribution in [0.5, 0.6) is 5.75 Å². The maximum atomic E-state index is 6.38. The summed E-state index contributed by atoms with van der Waals surface area (Å²) in [6, 6.07) is -0.0518. The molecule has 0 fully saturated rings. The third kappa shape index (κ3) is 3.30. The zero-order valence-electron chi connectivity index (χ0n) is 12.5. The molecule has 0 aliphatic carbocycles. The Morgan fingerprint density at radius 3 is 2.21 bits per heavy atom. The summed E-state index contributed by atoms with van der Waals surface area (Å²) in [5.74, 6) is 1.31. The van der Waals surface area contributed by atoms with Gasteiger partial charge in [-0.2, -0.15) is 0 Å². The van der Waals surface area contributed by atoms with E-state index in [1.54, 1.807) is 7.11 Å². The lowest BCUT2D eigenvalue weighted by Gasteiger charge is -2.24. The van der Waals surface area contributed by atoms with Crippen molar-refractivity contribution in [1.29, 1.82) is 0 Å². The molecule has 1 aromatic rings. The lowest BCUT2D eigenvalue weighted by atomic mass is 9.90. The molecule has 0 aliphatic rings. The van der Waals surface area contributed by atoms with Crippen molar-refractivity contribution in [2.24, 2.45) is 17.4 Å². The van der Waals surface area contributed by atoms with E-state index in [9.17, 15) is 0 Å². The molecule has 3 nitrogen and oxygen atoms in total. The molecule has 0 saturated heterocycles. The molecule has 0 aromatic heterocycles. The average Bonchev–Trinajstić information content (AvgIpc) is 2.39. The second-order valence-corrected chi connectivity index (χ2v) is 6.11. The van der Waals surface area contributed by atoms with E-state index in [0.29, 0.717) is 12.5 Å². The Morgan fingerprint density at radius 1 is 1.16 bits per heavy atom. The van der Waals surface area contributed by atoms with Gasteiger partial charge in [-0.3, -0.25) is 0 Å². The Kier molecular flexibility index (Phi) is 5.83. The molecular formula is C15H25BrN2O. The van der Waals surface area contributed by atoms with Gasteiger partial charge in [0, 0.05) is 16.1 Å². The van der Waals surface area contributed by atoms with Crippen molar-refractivity contribution in [2.45, 2.75) is 40.2 Å². The number of halogens is 1. The van der Waals surface area contributed by atoms with E-state index in [4.69, 9.17) is 16.2 Å². The van der Waals surface area contributed by atoms with Gasteiger partial charge in [0.15, 0.2) is 0 Å². The molecule has 2 unspecified atom stereocenters. The summed E-state index contributed by atoms with van der Waals surface area (Å²) in [6.07, 6.45) is 0.864. The van der Waals surface area contributed by atoms with Crippen molar-refractivity contribution in [1.82, 2.24) is 0 Å². The van der Waals surface area contributed by atoms with Gasteiger partial charge < -0.3 is 16.2 Å². The minimum Gasteiger partial charge on any atom is -0.496 e. The van der Waals surface area contributed by atoms with Gasteiger partial charge in [0.1, 0.15) is 5.75 Å². The quantitative estimate of drug-likeness (QED) is 0.871. The van der Waals surface area contributed by atoms with E-state index in [1.807, 2.05) is 0 Å². The smallest absolute Gasteiger partial charge is 0.127 e. The molecule has 2 atom stereocenters. The largest absolute Gasteiger partial charge is 0.496 e. The zero-order valence-corrected chi connectivity index (χ0v) is 14.1. The minimum absolute atomic E-state index is 0.0518. The predicted molar refractivity (Wildman–Crippen MR) is 84.7 cm³/mol.